The summed E-state index contributed by atoms with van der Waals surface area (Å²) in [6.45, 7) is 2.33. The number of hydrogen-bond acceptors (Lipinski definition) is 7. The van der Waals surface area contributed by atoms with Crippen molar-refractivity contribution in [3.8, 4) is 6.07 Å². The molecule has 2 aromatic heterocycles. The van der Waals surface area contributed by atoms with Crippen LogP contribution in [-0.2, 0) is 18.0 Å². The number of pyridine rings is 1. The van der Waals surface area contributed by atoms with Crippen molar-refractivity contribution in [2.75, 3.05) is 24.5 Å². The molecule has 1 unspecified atom stereocenters. The van der Waals surface area contributed by atoms with E-state index in [4.69, 9.17) is 0 Å². The van der Waals surface area contributed by atoms with Crippen LogP contribution in [0.3, 0.4) is 0 Å². The molecule has 1 saturated heterocycles. The third kappa shape index (κ3) is 6.74. The number of fused-ring (bicyclic) bond motifs is 1. The van der Waals surface area contributed by atoms with E-state index in [-0.39, 0.29) is 30.2 Å². The lowest BCUT2D eigenvalue weighted by molar-refractivity contribution is -0.142. The molecule has 0 bridgehead atoms. The van der Waals surface area contributed by atoms with Crippen molar-refractivity contribution in [2.45, 2.75) is 57.2 Å². The van der Waals surface area contributed by atoms with E-state index in [0.29, 0.717) is 23.9 Å². The molecular weight excluding hydrogens is 580 g/mol. The fourth-order valence-electron chi connectivity index (χ4n) is 5.36. The van der Waals surface area contributed by atoms with E-state index in [0.717, 1.165) is 24.3 Å². The van der Waals surface area contributed by atoms with Crippen LogP contribution in [0.4, 0.5) is 32.2 Å². The second kappa shape index (κ2) is 12.2. The first-order valence-electron chi connectivity index (χ1n) is 13.5. The quantitative estimate of drug-likeness (QED) is 0.398. The predicted molar refractivity (Wildman–Crippen MR) is 145 cm³/mol. The fourth-order valence-corrected chi connectivity index (χ4v) is 5.36. The lowest BCUT2D eigenvalue weighted by Crippen LogP contribution is -2.61. The number of halogens is 6. The monoisotopic (exact) mass is 609 g/mol. The largest absolute Gasteiger partial charge is 0.416 e. The number of carbonyl (C=O) groups is 1. The summed E-state index contributed by atoms with van der Waals surface area (Å²) in [5.74, 6) is -0.774. The van der Waals surface area contributed by atoms with Crippen LogP contribution in [0.5, 0.6) is 0 Å². The Bertz CT molecular complexity index is 1580. The zero-order valence-electron chi connectivity index (χ0n) is 23.5. The zero-order valence-corrected chi connectivity index (χ0v) is 23.5. The Hall–Kier alpha value is -4.19. The molecule has 0 aliphatic carbocycles. The van der Waals surface area contributed by atoms with Crippen LogP contribution in [0.15, 0.2) is 41.2 Å². The van der Waals surface area contributed by atoms with Crippen LogP contribution < -0.4 is 15.9 Å². The Balaban J connectivity index is 1.78. The van der Waals surface area contributed by atoms with Crippen molar-refractivity contribution in [3.05, 3.63) is 63.7 Å². The molecule has 3 aromatic rings. The Labute approximate surface area is 242 Å². The van der Waals surface area contributed by atoms with Crippen LogP contribution in [0, 0.1) is 11.3 Å². The van der Waals surface area contributed by atoms with Crippen LogP contribution in [-0.4, -0.2) is 63.2 Å². The first kappa shape index (κ1) is 31.7. The molecule has 15 heteroatoms. The molecule has 1 amide bonds. The maximum Gasteiger partial charge on any atom is 0.416 e. The topological polar surface area (TPSA) is 107 Å². The highest BCUT2D eigenvalue weighted by Gasteiger charge is 2.42. The summed E-state index contributed by atoms with van der Waals surface area (Å²) in [5.41, 5.74) is -0.558. The molecule has 230 valence electrons. The number of hydrogen-bond donors (Lipinski definition) is 1. The van der Waals surface area contributed by atoms with Crippen LogP contribution in [0.1, 0.15) is 49.6 Å². The van der Waals surface area contributed by atoms with Gasteiger partial charge >= 0.3 is 18.0 Å². The molecule has 0 spiro atoms. The smallest absolute Gasteiger partial charge is 0.349 e. The van der Waals surface area contributed by atoms with Crippen LogP contribution >= 0.6 is 0 Å². The van der Waals surface area contributed by atoms with Crippen molar-refractivity contribution >= 4 is 22.8 Å². The average molecular weight is 610 g/mol. The SMILES string of the molecule is CC[C@H]1CN(C(C(=O)NCC(F)(F)F)c2ccc(C(F)(F)F)cc2)[C@H](CC)CN1c1nc(=O)n(C)c2ccc(C#N)nc12. The zero-order chi connectivity index (χ0) is 31.7. The van der Waals surface area contributed by atoms with Gasteiger partial charge in [-0.1, -0.05) is 26.0 Å². The summed E-state index contributed by atoms with van der Waals surface area (Å²) in [7, 11) is 1.52. The molecule has 1 aromatic carbocycles. The molecule has 1 fully saturated rings. The van der Waals surface area contributed by atoms with Gasteiger partial charge in [0.1, 0.15) is 29.9 Å². The van der Waals surface area contributed by atoms with Crippen LogP contribution in [0.25, 0.3) is 11.0 Å². The number of aryl methyl sites for hydroxylation is 1. The number of carbonyl (C=O) groups excluding carboxylic acids is 1. The summed E-state index contributed by atoms with van der Waals surface area (Å²) in [5, 5.41) is 11.3. The second-order valence-electron chi connectivity index (χ2n) is 10.3. The van der Waals surface area contributed by atoms with Crippen molar-refractivity contribution < 1.29 is 31.1 Å². The lowest BCUT2D eigenvalue weighted by atomic mass is 9.95. The van der Waals surface area contributed by atoms with Crippen molar-refractivity contribution in [1.29, 1.82) is 5.26 Å². The summed E-state index contributed by atoms with van der Waals surface area (Å²) in [6, 6.07) is 6.58. The van der Waals surface area contributed by atoms with Crippen LogP contribution in [0.2, 0.25) is 0 Å². The summed E-state index contributed by atoms with van der Waals surface area (Å²) in [4.78, 5) is 38.3. The molecule has 1 aliphatic heterocycles. The maximum atomic E-state index is 13.3. The predicted octanol–water partition coefficient (Wildman–Crippen LogP) is 4.32. The van der Waals surface area contributed by atoms with Gasteiger partial charge in [0, 0.05) is 32.2 Å². The molecule has 3 heterocycles. The highest BCUT2D eigenvalue weighted by Crippen LogP contribution is 2.36. The minimum Gasteiger partial charge on any atom is -0.349 e. The van der Waals surface area contributed by atoms with Gasteiger partial charge in [-0.05, 0) is 42.7 Å². The van der Waals surface area contributed by atoms with Crippen molar-refractivity contribution in [3.63, 3.8) is 0 Å². The Morgan fingerprint density at radius 3 is 2.23 bits per heavy atom. The van der Waals surface area contributed by atoms with Gasteiger partial charge in [0.05, 0.1) is 11.1 Å². The molecule has 4 rings (SSSR count). The number of rotatable bonds is 7. The Morgan fingerprint density at radius 1 is 1.02 bits per heavy atom. The van der Waals surface area contributed by atoms with Crippen molar-refractivity contribution in [1.82, 2.24) is 24.8 Å². The van der Waals surface area contributed by atoms with E-state index in [1.54, 1.807) is 17.9 Å². The number of amides is 1. The number of nitrogens with one attached hydrogen (secondary N) is 1. The van der Waals surface area contributed by atoms with Gasteiger partial charge in [-0.25, -0.2) is 9.78 Å². The molecular formula is C28H29F6N7O2. The first-order chi connectivity index (χ1) is 20.2. The molecule has 3 atom stereocenters. The number of aromatic nitrogens is 3. The summed E-state index contributed by atoms with van der Waals surface area (Å²) in [6.07, 6.45) is -8.49. The van der Waals surface area contributed by atoms with E-state index >= 15 is 0 Å². The standard InChI is InChI=1S/C28H29F6N7O2/c1-4-19-14-41(24-22-21(39(3)26(43)38-24)11-10-18(12-35)37-22)20(5-2)13-40(19)23(25(42)36-15-27(29,30)31)16-6-8-17(9-7-16)28(32,33)34/h6-11,19-20,23H,4-5,13-15H2,1-3H3,(H,36,42)/t19-,20+,23?/m1/s1. The number of anilines is 1. The normalized spacial score (nSPS) is 18.8. The Kier molecular flexibility index (Phi) is 9.00. The molecule has 9 nitrogen and oxygen atoms in total. The van der Waals surface area contributed by atoms with E-state index in [1.807, 2.05) is 23.2 Å². The van der Waals surface area contributed by atoms with E-state index in [9.17, 15) is 41.2 Å². The lowest BCUT2D eigenvalue weighted by Gasteiger charge is -2.49. The fraction of sp³-hybridized carbons (Fsp3) is 0.464. The number of benzene rings is 1. The highest BCUT2D eigenvalue weighted by molar-refractivity contribution is 5.87. The van der Waals surface area contributed by atoms with Gasteiger partial charge in [-0.3, -0.25) is 14.3 Å². The third-order valence-electron chi connectivity index (χ3n) is 7.60. The van der Waals surface area contributed by atoms with E-state index < -0.39 is 54.2 Å². The number of piperazine rings is 1. The summed E-state index contributed by atoms with van der Waals surface area (Å²) >= 11 is 0. The molecule has 0 saturated carbocycles. The minimum absolute atomic E-state index is 0.104. The van der Waals surface area contributed by atoms with Gasteiger partial charge in [0.2, 0.25) is 5.91 Å². The van der Waals surface area contributed by atoms with Gasteiger partial charge in [-0.2, -0.15) is 36.6 Å². The number of nitriles is 1. The maximum absolute atomic E-state index is 13.3. The number of alkyl halides is 6. The first-order valence-corrected chi connectivity index (χ1v) is 13.5. The third-order valence-corrected chi connectivity index (χ3v) is 7.60. The summed E-state index contributed by atoms with van der Waals surface area (Å²) < 4.78 is 80.1. The van der Waals surface area contributed by atoms with E-state index in [2.05, 4.69) is 9.97 Å². The highest BCUT2D eigenvalue weighted by atomic mass is 19.4. The van der Waals surface area contributed by atoms with Gasteiger partial charge < -0.3 is 10.2 Å². The van der Waals surface area contributed by atoms with E-state index in [1.165, 1.54) is 17.7 Å². The van der Waals surface area contributed by atoms with Gasteiger partial charge in [-0.15, -0.1) is 0 Å². The molecule has 1 aliphatic rings. The average Bonchev–Trinajstić information content (AvgIpc) is 2.97. The minimum atomic E-state index is -4.70. The molecule has 43 heavy (non-hydrogen) atoms. The van der Waals surface area contributed by atoms with Gasteiger partial charge in [0.15, 0.2) is 5.82 Å². The second-order valence-corrected chi connectivity index (χ2v) is 10.3. The molecule has 1 N–H and O–H groups in total. The Morgan fingerprint density at radius 2 is 1.67 bits per heavy atom. The van der Waals surface area contributed by atoms with Gasteiger partial charge in [0.25, 0.3) is 0 Å². The van der Waals surface area contributed by atoms with Crippen molar-refractivity contribution in [2.24, 2.45) is 7.05 Å². The number of nitrogens with zero attached hydrogens (tertiary/aromatic N) is 6. The molecule has 0 radical (unpaired) electrons.